The van der Waals surface area contributed by atoms with Crippen molar-refractivity contribution in [3.63, 3.8) is 0 Å². The Morgan fingerprint density at radius 1 is 1.06 bits per heavy atom. The van der Waals surface area contributed by atoms with Crippen LogP contribution in [0.5, 0.6) is 5.75 Å². The Morgan fingerprint density at radius 2 is 1.74 bits per heavy atom. The summed E-state index contributed by atoms with van der Waals surface area (Å²) >= 11 is 0. The van der Waals surface area contributed by atoms with E-state index in [2.05, 4.69) is 25.7 Å². The van der Waals surface area contributed by atoms with Crippen molar-refractivity contribution in [3.05, 3.63) is 89.3 Å². The summed E-state index contributed by atoms with van der Waals surface area (Å²) in [4.78, 5) is 38.1. The number of rotatable bonds is 6. The highest BCUT2D eigenvalue weighted by Crippen LogP contribution is 2.48. The predicted octanol–water partition coefficient (Wildman–Crippen LogP) is 4.86. The second kappa shape index (κ2) is 9.90. The fraction of sp³-hybridized carbons (Fsp3) is 0.345. The number of ketones is 1. The molecule has 1 aliphatic carbocycles. The molecular weight excluding hydrogens is 442 g/mol. The van der Waals surface area contributed by atoms with E-state index in [-0.39, 0.29) is 17.8 Å². The first-order valence-corrected chi connectivity index (χ1v) is 11.9. The molecular formula is C29H31NO5. The molecule has 1 heterocycles. The van der Waals surface area contributed by atoms with E-state index in [0.717, 1.165) is 16.8 Å². The number of ether oxygens (including phenoxy) is 2. The summed E-state index contributed by atoms with van der Waals surface area (Å²) in [5.41, 5.74) is 3.62. The second-order valence-corrected chi connectivity index (χ2v) is 10.0. The molecule has 0 fully saturated rings. The van der Waals surface area contributed by atoms with E-state index in [1.54, 1.807) is 24.3 Å². The van der Waals surface area contributed by atoms with Gasteiger partial charge in [-0.15, -0.1) is 0 Å². The van der Waals surface area contributed by atoms with Crippen molar-refractivity contribution in [2.75, 3.05) is 6.61 Å². The maximum atomic E-state index is 13.4. The van der Waals surface area contributed by atoms with E-state index in [1.165, 1.54) is 6.92 Å². The number of benzene rings is 2. The zero-order valence-electron chi connectivity index (χ0n) is 20.4. The van der Waals surface area contributed by atoms with Crippen molar-refractivity contribution in [1.82, 2.24) is 5.32 Å². The number of hydrogen-bond donors (Lipinski definition) is 1. The molecule has 2 aliphatic rings. The number of carbonyl (C=O) groups is 3. The van der Waals surface area contributed by atoms with Gasteiger partial charge in [0.25, 0.3) is 0 Å². The van der Waals surface area contributed by atoms with E-state index in [9.17, 15) is 14.4 Å². The van der Waals surface area contributed by atoms with Gasteiger partial charge in [0.05, 0.1) is 6.61 Å². The molecule has 1 aliphatic heterocycles. The fourth-order valence-electron chi connectivity index (χ4n) is 5.00. The summed E-state index contributed by atoms with van der Waals surface area (Å²) in [5, 5.41) is 3.27. The normalized spacial score (nSPS) is 21.1. The van der Waals surface area contributed by atoms with Crippen LogP contribution in [0, 0.1) is 11.3 Å². The third-order valence-corrected chi connectivity index (χ3v) is 6.48. The number of carbonyl (C=O) groups excluding carboxylic acids is 3. The van der Waals surface area contributed by atoms with Gasteiger partial charge in [0.15, 0.2) is 5.78 Å². The zero-order chi connectivity index (χ0) is 25.2. The number of hydrogen-bond acceptors (Lipinski definition) is 6. The lowest BCUT2D eigenvalue weighted by atomic mass is 9.66. The van der Waals surface area contributed by atoms with Crippen LogP contribution in [-0.4, -0.2) is 24.3 Å². The average Bonchev–Trinajstić information content (AvgIpc) is 2.78. The molecule has 0 saturated heterocycles. The van der Waals surface area contributed by atoms with Crippen molar-refractivity contribution in [2.24, 2.45) is 11.3 Å². The lowest BCUT2D eigenvalue weighted by Crippen LogP contribution is -2.43. The quantitative estimate of drug-likeness (QED) is 0.477. The topological polar surface area (TPSA) is 81.7 Å². The predicted molar refractivity (Wildman–Crippen MR) is 132 cm³/mol. The first-order valence-electron chi connectivity index (χ1n) is 11.9. The van der Waals surface area contributed by atoms with Crippen LogP contribution in [0.2, 0.25) is 0 Å². The summed E-state index contributed by atoms with van der Waals surface area (Å²) in [5.74, 6) is -1.69. The first-order chi connectivity index (χ1) is 16.6. The minimum absolute atomic E-state index is 0.0207. The Kier molecular flexibility index (Phi) is 6.92. The average molecular weight is 474 g/mol. The van der Waals surface area contributed by atoms with Crippen LogP contribution in [0.25, 0.3) is 0 Å². The molecule has 0 saturated carbocycles. The summed E-state index contributed by atoms with van der Waals surface area (Å²) in [7, 11) is 0. The van der Waals surface area contributed by atoms with Crippen LogP contribution in [0.4, 0.5) is 0 Å². The molecule has 0 amide bonds. The molecule has 0 spiro atoms. The number of allylic oxidation sites excluding steroid dienone is 2. The third-order valence-electron chi connectivity index (χ3n) is 6.48. The molecule has 1 N–H and O–H groups in total. The monoisotopic (exact) mass is 473 g/mol. The Balaban J connectivity index is 1.65. The van der Waals surface area contributed by atoms with Crippen molar-refractivity contribution in [2.45, 2.75) is 46.0 Å². The minimum atomic E-state index is -0.755. The molecule has 6 nitrogen and oxygen atoms in total. The molecule has 0 aromatic heterocycles. The smallest absolute Gasteiger partial charge is 0.315 e. The lowest BCUT2D eigenvalue weighted by Gasteiger charge is -2.42. The first kappa shape index (κ1) is 24.5. The third kappa shape index (κ3) is 5.53. The Bertz CT molecular complexity index is 1180. The van der Waals surface area contributed by atoms with Gasteiger partial charge in [-0.1, -0.05) is 62.9 Å². The highest BCUT2D eigenvalue weighted by molar-refractivity contribution is 6.00. The van der Waals surface area contributed by atoms with Gasteiger partial charge < -0.3 is 14.8 Å². The molecule has 4 rings (SSSR count). The van der Waals surface area contributed by atoms with Gasteiger partial charge in [-0.05, 0) is 35.1 Å². The number of esters is 2. The van der Waals surface area contributed by atoms with Crippen molar-refractivity contribution < 1.29 is 23.9 Å². The summed E-state index contributed by atoms with van der Waals surface area (Å²) < 4.78 is 10.9. The van der Waals surface area contributed by atoms with Crippen LogP contribution in [0.1, 0.15) is 50.7 Å². The van der Waals surface area contributed by atoms with E-state index < -0.39 is 23.8 Å². The summed E-state index contributed by atoms with van der Waals surface area (Å²) in [6.45, 7) is 9.85. The number of nitrogens with one attached hydrogen (secondary N) is 1. The Morgan fingerprint density at radius 3 is 2.40 bits per heavy atom. The molecule has 6 heteroatoms. The maximum absolute atomic E-state index is 13.4. The Labute approximate surface area is 206 Å². The van der Waals surface area contributed by atoms with E-state index in [1.807, 2.05) is 30.3 Å². The summed E-state index contributed by atoms with van der Waals surface area (Å²) in [6.07, 6.45) is 1.69. The van der Waals surface area contributed by atoms with Gasteiger partial charge in [0.2, 0.25) is 0 Å². The van der Waals surface area contributed by atoms with Gasteiger partial charge in [0, 0.05) is 42.7 Å². The minimum Gasteiger partial charge on any atom is -0.465 e. The molecule has 2 aromatic rings. The van der Waals surface area contributed by atoms with Gasteiger partial charge in [-0.3, -0.25) is 14.4 Å². The molecule has 2 aromatic carbocycles. The van der Waals surface area contributed by atoms with Crippen LogP contribution < -0.4 is 10.1 Å². The maximum Gasteiger partial charge on any atom is 0.315 e. The van der Waals surface area contributed by atoms with Crippen molar-refractivity contribution in [1.29, 1.82) is 0 Å². The van der Waals surface area contributed by atoms with Crippen LogP contribution in [0.3, 0.4) is 0 Å². The van der Waals surface area contributed by atoms with E-state index in [4.69, 9.17) is 9.47 Å². The summed E-state index contributed by atoms with van der Waals surface area (Å²) in [6, 6.07) is 16.8. The van der Waals surface area contributed by atoms with Crippen molar-refractivity contribution >= 4 is 17.7 Å². The molecule has 0 radical (unpaired) electrons. The molecule has 2 unspecified atom stereocenters. The van der Waals surface area contributed by atoms with Gasteiger partial charge in [0.1, 0.15) is 11.7 Å². The Hall–Kier alpha value is -3.67. The van der Waals surface area contributed by atoms with Gasteiger partial charge in [-0.25, -0.2) is 0 Å². The highest BCUT2D eigenvalue weighted by atomic mass is 16.5. The van der Waals surface area contributed by atoms with Crippen molar-refractivity contribution in [3.8, 4) is 5.75 Å². The number of Topliss-reactive ketones (excluding diaryl/α,β-unsaturated/α-hetero) is 1. The SMILES string of the molecule is C=C1NC2=C(C(=O)CC(C)(C)C2)C(c2ccc(OC(C)=O)cc2)C1C(=O)OCCc1ccccc1. The van der Waals surface area contributed by atoms with E-state index in [0.29, 0.717) is 36.3 Å². The van der Waals surface area contributed by atoms with Crippen LogP contribution in [0.15, 0.2) is 78.1 Å². The molecule has 182 valence electrons. The molecule has 2 atom stereocenters. The fourth-order valence-corrected chi connectivity index (χ4v) is 5.00. The molecule has 0 bridgehead atoms. The second-order valence-electron chi connectivity index (χ2n) is 10.0. The largest absolute Gasteiger partial charge is 0.465 e. The highest BCUT2D eigenvalue weighted by Gasteiger charge is 2.46. The lowest BCUT2D eigenvalue weighted by molar-refractivity contribution is -0.148. The van der Waals surface area contributed by atoms with Gasteiger partial charge in [-0.2, -0.15) is 0 Å². The van der Waals surface area contributed by atoms with Crippen LogP contribution >= 0.6 is 0 Å². The molecule has 35 heavy (non-hydrogen) atoms. The van der Waals surface area contributed by atoms with Gasteiger partial charge >= 0.3 is 11.9 Å². The van der Waals surface area contributed by atoms with Crippen LogP contribution in [-0.2, 0) is 25.5 Å². The van der Waals surface area contributed by atoms with E-state index >= 15 is 0 Å². The zero-order valence-corrected chi connectivity index (χ0v) is 20.4. The standard InChI is InChI=1S/C29H31NO5/c1-18-25(28(33)34-15-14-20-8-6-5-7-9-20)26(21-10-12-22(13-11-21)35-19(2)31)27-23(30-18)16-29(3,4)17-24(27)32/h5-13,25-26,30H,1,14-17H2,2-4H3.